The summed E-state index contributed by atoms with van der Waals surface area (Å²) in [6.07, 6.45) is 0.535. The lowest BCUT2D eigenvalue weighted by Crippen LogP contribution is -2.19. The SMILES string of the molecule is OC1CSCC1Cc1ccc(F)c(Cl)c1. The lowest BCUT2D eigenvalue weighted by Gasteiger charge is -2.13. The first kappa shape index (κ1) is 11.2. The molecule has 0 saturated carbocycles. The Hall–Kier alpha value is -0.250. The number of thioether (sulfide) groups is 1. The topological polar surface area (TPSA) is 20.2 Å². The minimum absolute atomic E-state index is 0.160. The van der Waals surface area contributed by atoms with Gasteiger partial charge in [0.15, 0.2) is 0 Å². The number of hydrogen-bond donors (Lipinski definition) is 1. The average molecular weight is 247 g/mol. The van der Waals surface area contributed by atoms with Crippen LogP contribution in [0.25, 0.3) is 0 Å². The van der Waals surface area contributed by atoms with E-state index in [-0.39, 0.29) is 22.9 Å². The van der Waals surface area contributed by atoms with Gasteiger partial charge in [-0.05, 0) is 35.8 Å². The van der Waals surface area contributed by atoms with Crippen molar-refractivity contribution in [2.45, 2.75) is 12.5 Å². The molecule has 1 nitrogen and oxygen atoms in total. The van der Waals surface area contributed by atoms with E-state index in [0.717, 1.165) is 23.5 Å². The Labute approximate surface area is 97.6 Å². The predicted octanol–water partition coefficient (Wildman–Crippen LogP) is 2.75. The second-order valence-corrected chi connectivity index (χ2v) is 5.30. The lowest BCUT2D eigenvalue weighted by molar-refractivity contribution is 0.150. The van der Waals surface area contributed by atoms with Crippen molar-refractivity contribution in [1.29, 1.82) is 0 Å². The first-order valence-corrected chi connectivity index (χ1v) is 6.40. The molecule has 1 N–H and O–H groups in total. The molecule has 82 valence electrons. The van der Waals surface area contributed by atoms with Crippen molar-refractivity contribution in [1.82, 2.24) is 0 Å². The normalized spacial score (nSPS) is 25.8. The van der Waals surface area contributed by atoms with Crippen molar-refractivity contribution < 1.29 is 9.50 Å². The second kappa shape index (κ2) is 4.73. The molecular formula is C11H12ClFOS. The molecule has 2 atom stereocenters. The van der Waals surface area contributed by atoms with Gasteiger partial charge in [0.2, 0.25) is 0 Å². The van der Waals surface area contributed by atoms with Crippen LogP contribution in [0.5, 0.6) is 0 Å². The van der Waals surface area contributed by atoms with Crippen LogP contribution in [0.3, 0.4) is 0 Å². The Morgan fingerprint density at radius 1 is 1.47 bits per heavy atom. The standard InChI is InChI=1S/C11H12ClFOS/c12-9-4-7(1-2-10(9)13)3-8-5-15-6-11(8)14/h1-2,4,8,11,14H,3,5-6H2. The minimum Gasteiger partial charge on any atom is -0.392 e. The Kier molecular flexibility index (Phi) is 3.54. The molecule has 0 radical (unpaired) electrons. The first-order valence-electron chi connectivity index (χ1n) is 4.86. The van der Waals surface area contributed by atoms with Gasteiger partial charge < -0.3 is 5.11 Å². The molecule has 2 rings (SSSR count). The van der Waals surface area contributed by atoms with Crippen molar-refractivity contribution in [3.63, 3.8) is 0 Å². The summed E-state index contributed by atoms with van der Waals surface area (Å²) in [4.78, 5) is 0. The van der Waals surface area contributed by atoms with Gasteiger partial charge in [-0.2, -0.15) is 11.8 Å². The summed E-state index contributed by atoms with van der Waals surface area (Å²) >= 11 is 7.45. The number of aliphatic hydroxyl groups excluding tert-OH is 1. The van der Waals surface area contributed by atoms with Crippen LogP contribution in [0, 0.1) is 11.7 Å². The summed E-state index contributed by atoms with van der Waals surface area (Å²) in [6, 6.07) is 4.76. The van der Waals surface area contributed by atoms with Gasteiger partial charge in [-0.25, -0.2) is 4.39 Å². The summed E-state index contributed by atoms with van der Waals surface area (Å²) in [6.45, 7) is 0. The molecule has 1 aliphatic rings. The van der Waals surface area contributed by atoms with Gasteiger partial charge in [0.05, 0.1) is 11.1 Å². The third-order valence-electron chi connectivity index (χ3n) is 2.65. The summed E-state index contributed by atoms with van der Waals surface area (Å²) in [7, 11) is 0. The van der Waals surface area contributed by atoms with Crippen molar-refractivity contribution >= 4 is 23.4 Å². The highest BCUT2D eigenvalue weighted by Crippen LogP contribution is 2.28. The van der Waals surface area contributed by atoms with Crippen LogP contribution in [-0.4, -0.2) is 22.7 Å². The molecule has 0 aliphatic carbocycles. The van der Waals surface area contributed by atoms with E-state index < -0.39 is 0 Å². The maximum Gasteiger partial charge on any atom is 0.141 e. The molecule has 0 aromatic heterocycles. The molecule has 0 amide bonds. The second-order valence-electron chi connectivity index (χ2n) is 3.82. The Morgan fingerprint density at radius 2 is 2.27 bits per heavy atom. The van der Waals surface area contributed by atoms with E-state index >= 15 is 0 Å². The van der Waals surface area contributed by atoms with Gasteiger partial charge in [-0.15, -0.1) is 0 Å². The highest BCUT2D eigenvalue weighted by atomic mass is 35.5. The van der Waals surface area contributed by atoms with E-state index in [1.165, 1.54) is 6.07 Å². The quantitative estimate of drug-likeness (QED) is 0.866. The molecule has 1 aromatic carbocycles. The van der Waals surface area contributed by atoms with E-state index in [1.807, 2.05) is 0 Å². The van der Waals surface area contributed by atoms with Gasteiger partial charge in [-0.1, -0.05) is 17.7 Å². The molecule has 15 heavy (non-hydrogen) atoms. The molecule has 4 heteroatoms. The molecule has 1 aliphatic heterocycles. The summed E-state index contributed by atoms with van der Waals surface area (Å²) in [5.41, 5.74) is 0.993. The van der Waals surface area contributed by atoms with Crippen molar-refractivity contribution in [3.05, 3.63) is 34.6 Å². The van der Waals surface area contributed by atoms with E-state index in [0.29, 0.717) is 0 Å². The molecule has 0 spiro atoms. The number of halogens is 2. The van der Waals surface area contributed by atoms with Gasteiger partial charge >= 0.3 is 0 Å². The highest BCUT2D eigenvalue weighted by molar-refractivity contribution is 7.99. The zero-order chi connectivity index (χ0) is 10.8. The van der Waals surface area contributed by atoms with Crippen LogP contribution in [0.15, 0.2) is 18.2 Å². The fraction of sp³-hybridized carbons (Fsp3) is 0.455. The van der Waals surface area contributed by atoms with E-state index in [1.54, 1.807) is 23.9 Å². The maximum absolute atomic E-state index is 12.9. The van der Waals surface area contributed by atoms with E-state index in [2.05, 4.69) is 0 Å². The maximum atomic E-state index is 12.9. The van der Waals surface area contributed by atoms with E-state index in [4.69, 9.17) is 11.6 Å². The van der Waals surface area contributed by atoms with Crippen LogP contribution in [-0.2, 0) is 6.42 Å². The third-order valence-corrected chi connectivity index (χ3v) is 4.18. The molecular weight excluding hydrogens is 235 g/mol. The van der Waals surface area contributed by atoms with Crippen molar-refractivity contribution in [2.24, 2.45) is 5.92 Å². The van der Waals surface area contributed by atoms with E-state index in [9.17, 15) is 9.50 Å². The first-order chi connectivity index (χ1) is 7.16. The molecule has 1 heterocycles. The van der Waals surface area contributed by atoms with Gasteiger partial charge in [0.25, 0.3) is 0 Å². The molecule has 2 unspecified atom stereocenters. The fourth-order valence-electron chi connectivity index (χ4n) is 1.75. The van der Waals surface area contributed by atoms with Crippen LogP contribution < -0.4 is 0 Å². The minimum atomic E-state index is -0.387. The third kappa shape index (κ3) is 2.65. The smallest absolute Gasteiger partial charge is 0.141 e. The predicted molar refractivity (Wildman–Crippen MR) is 61.9 cm³/mol. The van der Waals surface area contributed by atoms with Crippen LogP contribution >= 0.6 is 23.4 Å². The molecule has 1 aromatic rings. The summed E-state index contributed by atoms with van der Waals surface area (Å²) < 4.78 is 12.9. The molecule has 1 fully saturated rings. The zero-order valence-corrected chi connectivity index (χ0v) is 9.69. The molecule has 0 bridgehead atoms. The number of hydrogen-bond acceptors (Lipinski definition) is 2. The van der Waals surface area contributed by atoms with Gasteiger partial charge in [0, 0.05) is 5.75 Å². The van der Waals surface area contributed by atoms with Crippen LogP contribution in [0.1, 0.15) is 5.56 Å². The largest absolute Gasteiger partial charge is 0.392 e. The molecule has 1 saturated heterocycles. The van der Waals surface area contributed by atoms with Gasteiger partial charge in [-0.3, -0.25) is 0 Å². The Bertz CT molecular complexity index is 358. The lowest BCUT2D eigenvalue weighted by atomic mass is 9.97. The average Bonchev–Trinajstić information content (AvgIpc) is 2.59. The number of aliphatic hydroxyl groups is 1. The Morgan fingerprint density at radius 3 is 2.87 bits per heavy atom. The monoisotopic (exact) mass is 246 g/mol. The number of rotatable bonds is 2. The fourth-order valence-corrected chi connectivity index (χ4v) is 3.25. The number of benzene rings is 1. The zero-order valence-electron chi connectivity index (χ0n) is 8.12. The summed E-state index contributed by atoms with van der Waals surface area (Å²) in [5, 5.41) is 9.81. The Balaban J connectivity index is 2.07. The van der Waals surface area contributed by atoms with Gasteiger partial charge in [0.1, 0.15) is 5.82 Å². The summed E-state index contributed by atoms with van der Waals surface area (Å²) in [5.74, 6) is 1.66. The van der Waals surface area contributed by atoms with Crippen molar-refractivity contribution in [3.8, 4) is 0 Å². The van der Waals surface area contributed by atoms with Crippen LogP contribution in [0.2, 0.25) is 5.02 Å². The van der Waals surface area contributed by atoms with Crippen LogP contribution in [0.4, 0.5) is 4.39 Å². The highest BCUT2D eigenvalue weighted by Gasteiger charge is 2.25. The van der Waals surface area contributed by atoms with Crippen molar-refractivity contribution in [2.75, 3.05) is 11.5 Å².